The summed E-state index contributed by atoms with van der Waals surface area (Å²) in [5, 5.41) is 10.0. The van der Waals surface area contributed by atoms with Crippen LogP contribution in [0.1, 0.15) is 0 Å². The highest BCUT2D eigenvalue weighted by molar-refractivity contribution is 7.26. The molecule has 49 heavy (non-hydrogen) atoms. The third-order valence-electron chi connectivity index (χ3n) is 9.52. The van der Waals surface area contributed by atoms with Crippen LogP contribution < -0.4 is 0 Å². The average Bonchev–Trinajstić information content (AvgIpc) is 3.57. The summed E-state index contributed by atoms with van der Waals surface area (Å²) in [6.07, 6.45) is 0. The van der Waals surface area contributed by atoms with Crippen molar-refractivity contribution in [3.63, 3.8) is 0 Å². The molecule has 0 unspecified atom stereocenters. The molecule has 4 heteroatoms. The molecule has 0 N–H and O–H groups in total. The Balaban J connectivity index is 1.32. The van der Waals surface area contributed by atoms with Gasteiger partial charge < -0.3 is 0 Å². The molecule has 8 aromatic carbocycles. The normalized spacial score (nSPS) is 11.7. The zero-order valence-corrected chi connectivity index (χ0v) is 27.2. The molecule has 0 aliphatic rings. The molecule has 3 nitrogen and oxygen atoms in total. The molecule has 2 aromatic heterocycles. The van der Waals surface area contributed by atoms with E-state index < -0.39 is 0 Å². The van der Waals surface area contributed by atoms with Crippen LogP contribution in [0.2, 0.25) is 0 Å². The van der Waals surface area contributed by atoms with E-state index in [0.717, 1.165) is 27.8 Å². The summed E-state index contributed by atoms with van der Waals surface area (Å²) in [7, 11) is 0. The summed E-state index contributed by atoms with van der Waals surface area (Å²) in [6, 6.07) is 58.0. The molecule has 0 radical (unpaired) electrons. The van der Waals surface area contributed by atoms with E-state index in [0.29, 0.717) is 17.5 Å². The van der Waals surface area contributed by atoms with Crippen LogP contribution in [0.25, 0.3) is 97.8 Å². The van der Waals surface area contributed by atoms with Crippen LogP contribution in [0.5, 0.6) is 0 Å². The van der Waals surface area contributed by atoms with Crippen molar-refractivity contribution >= 4 is 63.8 Å². The summed E-state index contributed by atoms with van der Waals surface area (Å²) in [5.41, 5.74) is 5.17. The largest absolute Gasteiger partial charge is 0.208 e. The van der Waals surface area contributed by atoms with E-state index in [2.05, 4.69) is 127 Å². The molecule has 2 heterocycles. The maximum absolute atomic E-state index is 5.19. The number of hydrogen-bond donors (Lipinski definition) is 0. The highest BCUT2D eigenvalue weighted by Gasteiger charge is 2.21. The quantitative estimate of drug-likeness (QED) is 0.180. The van der Waals surface area contributed by atoms with E-state index in [4.69, 9.17) is 15.0 Å². The van der Waals surface area contributed by atoms with Crippen LogP contribution in [-0.4, -0.2) is 15.0 Å². The highest BCUT2D eigenvalue weighted by atomic mass is 32.1. The van der Waals surface area contributed by atoms with Crippen molar-refractivity contribution in [2.45, 2.75) is 0 Å². The summed E-state index contributed by atoms with van der Waals surface area (Å²) in [6.45, 7) is 0. The highest BCUT2D eigenvalue weighted by Crippen LogP contribution is 2.46. The lowest BCUT2D eigenvalue weighted by Gasteiger charge is -2.16. The first-order valence-electron chi connectivity index (χ1n) is 16.5. The van der Waals surface area contributed by atoms with Gasteiger partial charge in [-0.2, -0.15) is 0 Å². The number of nitrogens with zero attached hydrogens (tertiary/aromatic N) is 3. The van der Waals surface area contributed by atoms with Crippen LogP contribution in [-0.2, 0) is 0 Å². The fraction of sp³-hybridized carbons (Fsp3) is 0. The molecule has 228 valence electrons. The Morgan fingerprint density at radius 2 is 0.816 bits per heavy atom. The summed E-state index contributed by atoms with van der Waals surface area (Å²) in [5.74, 6) is 1.96. The average molecular weight is 642 g/mol. The summed E-state index contributed by atoms with van der Waals surface area (Å²) in [4.78, 5) is 15.4. The van der Waals surface area contributed by atoms with Gasteiger partial charge in [-0.1, -0.05) is 140 Å². The molecule has 0 spiro atoms. The molecule has 10 rings (SSSR count). The number of benzene rings is 8. The van der Waals surface area contributed by atoms with E-state index >= 15 is 0 Å². The third-order valence-corrected chi connectivity index (χ3v) is 10.7. The van der Waals surface area contributed by atoms with Crippen LogP contribution in [0.4, 0.5) is 0 Å². The zero-order valence-electron chi connectivity index (χ0n) is 26.3. The smallest absolute Gasteiger partial charge is 0.164 e. The molecule has 0 saturated heterocycles. The standard InChI is InChI=1S/C45H27N3S/c1-3-13-28(14-4-1)43-46-44(29-15-5-2-6-16-29)48-45(47-43)37-25-26-40-42(36-21-11-12-22-39(36)49-40)41(37)30-23-24-35-33-19-8-7-17-31(33)32-18-9-10-20-34(32)38(35)27-30/h1-27H. The topological polar surface area (TPSA) is 38.7 Å². The van der Waals surface area contributed by atoms with E-state index in [-0.39, 0.29) is 0 Å². The number of thiophene rings is 1. The van der Waals surface area contributed by atoms with Gasteiger partial charge in [0.2, 0.25) is 0 Å². The first-order valence-corrected chi connectivity index (χ1v) is 17.3. The van der Waals surface area contributed by atoms with Gasteiger partial charge in [0, 0.05) is 42.4 Å². The number of fused-ring (bicyclic) bond motifs is 9. The van der Waals surface area contributed by atoms with E-state index in [1.54, 1.807) is 0 Å². The van der Waals surface area contributed by atoms with Gasteiger partial charge in [0.25, 0.3) is 0 Å². The third kappa shape index (κ3) is 4.53. The number of aromatic nitrogens is 3. The monoisotopic (exact) mass is 641 g/mol. The van der Waals surface area contributed by atoms with E-state index in [1.807, 2.05) is 47.7 Å². The van der Waals surface area contributed by atoms with Crippen molar-refractivity contribution in [1.82, 2.24) is 15.0 Å². The van der Waals surface area contributed by atoms with Gasteiger partial charge >= 0.3 is 0 Å². The van der Waals surface area contributed by atoms with Crippen LogP contribution in [0.3, 0.4) is 0 Å². The second-order valence-corrected chi connectivity index (χ2v) is 13.4. The van der Waals surface area contributed by atoms with Gasteiger partial charge in [-0.05, 0) is 62.1 Å². The fourth-order valence-electron chi connectivity index (χ4n) is 7.30. The molecular formula is C45H27N3S. The molecular weight excluding hydrogens is 615 g/mol. The second-order valence-electron chi connectivity index (χ2n) is 12.3. The van der Waals surface area contributed by atoms with Gasteiger partial charge in [-0.3, -0.25) is 0 Å². The maximum Gasteiger partial charge on any atom is 0.164 e. The minimum absolute atomic E-state index is 0.654. The summed E-state index contributed by atoms with van der Waals surface area (Å²) >= 11 is 1.83. The minimum Gasteiger partial charge on any atom is -0.208 e. The molecule has 0 atom stereocenters. The lowest BCUT2D eigenvalue weighted by molar-refractivity contribution is 1.07. The SMILES string of the molecule is c1ccc(-c2nc(-c3ccccc3)nc(-c3ccc4sc5ccccc5c4c3-c3ccc4c5ccccc5c5ccccc5c4c3)n2)cc1. The van der Waals surface area contributed by atoms with Gasteiger partial charge in [-0.25, -0.2) is 15.0 Å². The summed E-state index contributed by atoms with van der Waals surface area (Å²) < 4.78 is 2.50. The van der Waals surface area contributed by atoms with Crippen LogP contribution in [0, 0.1) is 0 Å². The Morgan fingerprint density at radius 1 is 0.327 bits per heavy atom. The van der Waals surface area contributed by atoms with Crippen molar-refractivity contribution in [2.24, 2.45) is 0 Å². The predicted molar refractivity (Wildman–Crippen MR) is 207 cm³/mol. The Morgan fingerprint density at radius 3 is 1.43 bits per heavy atom. The lowest BCUT2D eigenvalue weighted by atomic mass is 9.89. The molecule has 0 aliphatic heterocycles. The molecule has 10 aromatic rings. The van der Waals surface area contributed by atoms with Crippen molar-refractivity contribution in [1.29, 1.82) is 0 Å². The van der Waals surface area contributed by atoms with Crippen molar-refractivity contribution in [3.05, 3.63) is 164 Å². The van der Waals surface area contributed by atoms with E-state index in [1.165, 1.54) is 52.5 Å². The fourth-order valence-corrected chi connectivity index (χ4v) is 8.41. The molecule has 0 amide bonds. The van der Waals surface area contributed by atoms with Crippen LogP contribution in [0.15, 0.2) is 164 Å². The van der Waals surface area contributed by atoms with Gasteiger partial charge in [-0.15, -0.1) is 11.3 Å². The van der Waals surface area contributed by atoms with Crippen molar-refractivity contribution in [3.8, 4) is 45.3 Å². The van der Waals surface area contributed by atoms with Gasteiger partial charge in [0.15, 0.2) is 17.5 Å². The van der Waals surface area contributed by atoms with E-state index in [9.17, 15) is 0 Å². The first-order chi connectivity index (χ1) is 24.3. The van der Waals surface area contributed by atoms with Crippen molar-refractivity contribution < 1.29 is 0 Å². The van der Waals surface area contributed by atoms with Gasteiger partial charge in [0.1, 0.15) is 0 Å². The zero-order chi connectivity index (χ0) is 32.3. The lowest BCUT2D eigenvalue weighted by Crippen LogP contribution is -2.01. The first kappa shape index (κ1) is 27.8. The Labute approximate surface area is 286 Å². The Kier molecular flexibility index (Phi) is 6.36. The number of rotatable bonds is 4. The molecule has 0 bridgehead atoms. The Hall–Kier alpha value is -6.23. The second kappa shape index (κ2) is 11.2. The van der Waals surface area contributed by atoms with Crippen molar-refractivity contribution in [2.75, 3.05) is 0 Å². The predicted octanol–water partition coefficient (Wildman–Crippen LogP) is 12.4. The minimum atomic E-state index is 0.654. The Bertz CT molecular complexity index is 2780. The molecule has 0 saturated carbocycles. The molecule has 0 fully saturated rings. The molecule has 0 aliphatic carbocycles. The van der Waals surface area contributed by atoms with Crippen LogP contribution >= 0.6 is 11.3 Å². The number of hydrogen-bond acceptors (Lipinski definition) is 4. The van der Waals surface area contributed by atoms with Gasteiger partial charge in [0.05, 0.1) is 0 Å². The maximum atomic E-state index is 5.19.